The quantitative estimate of drug-likeness (QED) is 0.857. The van der Waals surface area contributed by atoms with Gasteiger partial charge >= 0.3 is 12.0 Å². The molecule has 25 heavy (non-hydrogen) atoms. The summed E-state index contributed by atoms with van der Waals surface area (Å²) >= 11 is 0. The predicted molar refractivity (Wildman–Crippen MR) is 96.4 cm³/mol. The molecule has 5 nitrogen and oxygen atoms in total. The van der Waals surface area contributed by atoms with Crippen LogP contribution in [0.15, 0.2) is 18.2 Å². The molecule has 3 rings (SSSR count). The molecule has 0 unspecified atom stereocenters. The van der Waals surface area contributed by atoms with Gasteiger partial charge in [-0.15, -0.1) is 0 Å². The van der Waals surface area contributed by atoms with E-state index in [9.17, 15) is 9.59 Å². The number of urea groups is 1. The maximum Gasteiger partial charge on any atom is 0.318 e. The average molecular weight is 344 g/mol. The van der Waals surface area contributed by atoms with Crippen LogP contribution in [0.3, 0.4) is 0 Å². The molecule has 2 saturated carbocycles. The molecule has 136 valence electrons. The fraction of sp³-hybridized carbons (Fsp3) is 0.600. The van der Waals surface area contributed by atoms with E-state index >= 15 is 0 Å². The predicted octanol–water partition coefficient (Wildman–Crippen LogP) is 3.62. The van der Waals surface area contributed by atoms with Gasteiger partial charge in [0.25, 0.3) is 0 Å². The Balaban J connectivity index is 1.58. The van der Waals surface area contributed by atoms with Crippen molar-refractivity contribution in [2.45, 2.75) is 71.0 Å². The Bertz CT molecular complexity index is 646. The highest BCUT2D eigenvalue weighted by molar-refractivity contribution is 5.75. The summed E-state index contributed by atoms with van der Waals surface area (Å²) in [7, 11) is 0. The molecule has 0 atom stereocenters. The molecule has 0 heterocycles. The fourth-order valence-electron chi connectivity index (χ4n) is 3.59. The molecule has 0 aromatic heterocycles. The maximum atomic E-state index is 12.8. The standard InChI is InChI=1S/C20H28N2O3/c1-13-3-4-15(11-14(13)2)12-22(18-9-10-18)20(25)21-17-7-5-16(6-8-17)19(23)24/h3-4,11,16-18H,5-10,12H2,1-2H3,(H,21,25)(H,23,24). The van der Waals surface area contributed by atoms with Crippen molar-refractivity contribution >= 4 is 12.0 Å². The van der Waals surface area contributed by atoms with Gasteiger partial charge in [-0.3, -0.25) is 4.79 Å². The van der Waals surface area contributed by atoms with Gasteiger partial charge in [-0.2, -0.15) is 0 Å². The second-order valence-corrected chi connectivity index (χ2v) is 7.61. The Morgan fingerprint density at radius 1 is 1.08 bits per heavy atom. The van der Waals surface area contributed by atoms with Gasteiger partial charge in [0.05, 0.1) is 5.92 Å². The number of nitrogens with zero attached hydrogens (tertiary/aromatic N) is 1. The number of benzene rings is 1. The van der Waals surface area contributed by atoms with Crippen LogP contribution in [0.1, 0.15) is 55.2 Å². The summed E-state index contributed by atoms with van der Waals surface area (Å²) in [6.45, 7) is 4.83. The SMILES string of the molecule is Cc1ccc(CN(C(=O)NC2CCC(C(=O)O)CC2)C2CC2)cc1C. The molecule has 1 aromatic rings. The van der Waals surface area contributed by atoms with Crippen molar-refractivity contribution in [3.05, 3.63) is 34.9 Å². The highest BCUT2D eigenvalue weighted by atomic mass is 16.4. The summed E-state index contributed by atoms with van der Waals surface area (Å²) in [4.78, 5) is 25.8. The van der Waals surface area contributed by atoms with Gasteiger partial charge < -0.3 is 15.3 Å². The van der Waals surface area contributed by atoms with E-state index in [2.05, 4.69) is 37.4 Å². The highest BCUT2D eigenvalue weighted by Gasteiger charge is 2.34. The highest BCUT2D eigenvalue weighted by Crippen LogP contribution is 2.30. The van der Waals surface area contributed by atoms with E-state index in [0.29, 0.717) is 25.4 Å². The van der Waals surface area contributed by atoms with Gasteiger partial charge in [-0.25, -0.2) is 4.79 Å². The molecule has 0 saturated heterocycles. The van der Waals surface area contributed by atoms with Crippen LogP contribution in [-0.2, 0) is 11.3 Å². The van der Waals surface area contributed by atoms with Crippen molar-refractivity contribution in [2.75, 3.05) is 0 Å². The number of aliphatic carboxylic acids is 1. The van der Waals surface area contributed by atoms with Crippen LogP contribution in [0, 0.1) is 19.8 Å². The first-order valence-electron chi connectivity index (χ1n) is 9.30. The lowest BCUT2D eigenvalue weighted by atomic mass is 9.86. The number of rotatable bonds is 5. The minimum atomic E-state index is -0.709. The van der Waals surface area contributed by atoms with E-state index in [1.807, 2.05) is 4.90 Å². The molecule has 5 heteroatoms. The molecule has 1 aromatic carbocycles. The summed E-state index contributed by atoms with van der Waals surface area (Å²) in [5.74, 6) is -0.956. The number of nitrogens with one attached hydrogen (secondary N) is 1. The van der Waals surface area contributed by atoms with Crippen LogP contribution in [-0.4, -0.2) is 34.1 Å². The van der Waals surface area contributed by atoms with Gasteiger partial charge in [0.1, 0.15) is 0 Å². The lowest BCUT2D eigenvalue weighted by Gasteiger charge is -2.30. The van der Waals surface area contributed by atoms with Gasteiger partial charge in [0, 0.05) is 18.6 Å². The molecule has 0 aliphatic heterocycles. The number of carbonyl (C=O) groups is 2. The molecular weight excluding hydrogens is 316 g/mol. The molecule has 2 fully saturated rings. The third kappa shape index (κ3) is 4.53. The van der Waals surface area contributed by atoms with Crippen molar-refractivity contribution in [1.82, 2.24) is 10.2 Å². The van der Waals surface area contributed by atoms with Crippen LogP contribution >= 0.6 is 0 Å². The van der Waals surface area contributed by atoms with E-state index in [-0.39, 0.29) is 18.0 Å². The summed E-state index contributed by atoms with van der Waals surface area (Å²) in [5.41, 5.74) is 3.68. The zero-order chi connectivity index (χ0) is 18.0. The van der Waals surface area contributed by atoms with Gasteiger partial charge in [-0.1, -0.05) is 18.2 Å². The van der Waals surface area contributed by atoms with Crippen molar-refractivity contribution in [1.29, 1.82) is 0 Å². The van der Waals surface area contributed by atoms with Crippen LogP contribution in [0.4, 0.5) is 4.79 Å². The average Bonchev–Trinajstić information content (AvgIpc) is 3.41. The van der Waals surface area contributed by atoms with E-state index in [1.54, 1.807) is 0 Å². The van der Waals surface area contributed by atoms with Gasteiger partial charge in [-0.05, 0) is 69.1 Å². The second-order valence-electron chi connectivity index (χ2n) is 7.61. The Morgan fingerprint density at radius 2 is 1.76 bits per heavy atom. The zero-order valence-electron chi connectivity index (χ0n) is 15.1. The summed E-state index contributed by atoms with van der Waals surface area (Å²) in [5, 5.41) is 12.2. The number of aryl methyl sites for hydroxylation is 2. The van der Waals surface area contributed by atoms with E-state index in [1.165, 1.54) is 16.7 Å². The summed E-state index contributed by atoms with van der Waals surface area (Å²) in [6, 6.07) is 6.82. The number of carbonyl (C=O) groups excluding carboxylic acids is 1. The minimum Gasteiger partial charge on any atom is -0.481 e. The Kier molecular flexibility index (Phi) is 5.30. The van der Waals surface area contributed by atoms with Crippen LogP contribution < -0.4 is 5.32 Å². The molecule has 0 bridgehead atoms. The molecule has 0 radical (unpaired) electrons. The minimum absolute atomic E-state index is 0.000460. The lowest BCUT2D eigenvalue weighted by Crippen LogP contribution is -2.47. The maximum absolute atomic E-state index is 12.8. The molecule has 2 aliphatic rings. The summed E-state index contributed by atoms with van der Waals surface area (Å²) in [6.07, 6.45) is 4.96. The molecule has 0 spiro atoms. The normalized spacial score (nSPS) is 23.1. The summed E-state index contributed by atoms with van der Waals surface area (Å²) < 4.78 is 0. The fourth-order valence-corrected chi connectivity index (χ4v) is 3.59. The first-order valence-corrected chi connectivity index (χ1v) is 9.30. The van der Waals surface area contributed by atoms with Crippen LogP contribution in [0.5, 0.6) is 0 Å². The smallest absolute Gasteiger partial charge is 0.318 e. The number of hydrogen-bond acceptors (Lipinski definition) is 2. The van der Waals surface area contributed by atoms with E-state index in [0.717, 1.165) is 25.7 Å². The Labute approximate surface area is 149 Å². The Hall–Kier alpha value is -2.04. The zero-order valence-corrected chi connectivity index (χ0v) is 15.1. The first kappa shape index (κ1) is 17.8. The number of hydrogen-bond donors (Lipinski definition) is 2. The molecule has 2 amide bonds. The topological polar surface area (TPSA) is 69.6 Å². The largest absolute Gasteiger partial charge is 0.481 e. The van der Waals surface area contributed by atoms with Crippen molar-refractivity contribution in [3.8, 4) is 0 Å². The number of carboxylic acid groups (broad SMARTS) is 1. The van der Waals surface area contributed by atoms with Crippen LogP contribution in [0.2, 0.25) is 0 Å². The Morgan fingerprint density at radius 3 is 2.32 bits per heavy atom. The molecule has 2 aliphatic carbocycles. The molecular formula is C20H28N2O3. The van der Waals surface area contributed by atoms with Crippen LogP contribution in [0.25, 0.3) is 0 Å². The third-order valence-electron chi connectivity index (χ3n) is 5.58. The second kappa shape index (κ2) is 7.46. The van der Waals surface area contributed by atoms with E-state index in [4.69, 9.17) is 5.11 Å². The lowest BCUT2D eigenvalue weighted by molar-refractivity contribution is -0.142. The first-order chi connectivity index (χ1) is 11.9. The van der Waals surface area contributed by atoms with E-state index < -0.39 is 5.97 Å². The van der Waals surface area contributed by atoms with Crippen molar-refractivity contribution < 1.29 is 14.7 Å². The molecule has 2 N–H and O–H groups in total. The van der Waals surface area contributed by atoms with Gasteiger partial charge in [0.2, 0.25) is 0 Å². The number of amides is 2. The monoisotopic (exact) mass is 344 g/mol. The third-order valence-corrected chi connectivity index (χ3v) is 5.58. The van der Waals surface area contributed by atoms with Crippen molar-refractivity contribution in [2.24, 2.45) is 5.92 Å². The van der Waals surface area contributed by atoms with Crippen molar-refractivity contribution in [3.63, 3.8) is 0 Å². The number of carboxylic acids is 1. The van der Waals surface area contributed by atoms with Gasteiger partial charge in [0.15, 0.2) is 0 Å².